The van der Waals surface area contributed by atoms with Crippen LogP contribution < -0.4 is 10.2 Å². The molecule has 7 heteroatoms. The highest BCUT2D eigenvalue weighted by Gasteiger charge is 2.12. The summed E-state index contributed by atoms with van der Waals surface area (Å²) >= 11 is 7.82. The van der Waals surface area contributed by atoms with Crippen LogP contribution >= 0.6 is 23.4 Å². The molecule has 0 radical (unpaired) electrons. The van der Waals surface area contributed by atoms with Crippen molar-refractivity contribution < 1.29 is 9.53 Å². The number of nitrogens with zero attached hydrogens (tertiary/aromatic N) is 2. The van der Waals surface area contributed by atoms with Crippen molar-refractivity contribution in [1.29, 1.82) is 0 Å². The summed E-state index contributed by atoms with van der Waals surface area (Å²) in [5.74, 6) is 0.747. The number of benzene rings is 2. The highest BCUT2D eigenvalue weighted by Crippen LogP contribution is 2.33. The van der Waals surface area contributed by atoms with Gasteiger partial charge in [-0.25, -0.2) is 4.98 Å². The molecule has 144 valence electrons. The first-order valence-corrected chi connectivity index (χ1v) is 10.5. The molecule has 2 heterocycles. The molecular formula is C21H20ClN3O2S. The SMILES string of the molecule is O=C(CSc1cccc2cccc(Cl)c12)Nc1ccc(N2CCOCC2)cn1. The van der Waals surface area contributed by atoms with E-state index in [1.165, 1.54) is 11.8 Å². The van der Waals surface area contributed by atoms with Gasteiger partial charge in [-0.1, -0.05) is 35.9 Å². The van der Waals surface area contributed by atoms with E-state index in [2.05, 4.69) is 15.2 Å². The molecule has 0 bridgehead atoms. The number of thioether (sulfide) groups is 1. The van der Waals surface area contributed by atoms with Crippen LogP contribution in [0.5, 0.6) is 0 Å². The Hall–Kier alpha value is -2.28. The molecule has 1 saturated heterocycles. The van der Waals surface area contributed by atoms with E-state index in [1.54, 1.807) is 6.20 Å². The third kappa shape index (κ3) is 4.41. The molecule has 1 amide bonds. The zero-order valence-electron chi connectivity index (χ0n) is 15.2. The van der Waals surface area contributed by atoms with Gasteiger partial charge in [-0.3, -0.25) is 4.79 Å². The number of aromatic nitrogens is 1. The number of hydrogen-bond donors (Lipinski definition) is 1. The molecule has 28 heavy (non-hydrogen) atoms. The summed E-state index contributed by atoms with van der Waals surface area (Å²) in [4.78, 5) is 19.9. The third-order valence-corrected chi connectivity index (χ3v) is 5.94. The van der Waals surface area contributed by atoms with E-state index in [0.717, 1.165) is 47.7 Å². The van der Waals surface area contributed by atoms with Gasteiger partial charge in [-0.15, -0.1) is 11.8 Å². The highest BCUT2D eigenvalue weighted by molar-refractivity contribution is 8.00. The number of morpholine rings is 1. The fraction of sp³-hybridized carbons (Fsp3) is 0.238. The molecular weight excluding hydrogens is 394 g/mol. The molecule has 2 aromatic carbocycles. The molecule has 0 saturated carbocycles. The van der Waals surface area contributed by atoms with Gasteiger partial charge in [0.25, 0.3) is 0 Å². The van der Waals surface area contributed by atoms with Crippen LogP contribution in [-0.4, -0.2) is 42.9 Å². The Balaban J connectivity index is 1.37. The minimum absolute atomic E-state index is 0.0966. The first kappa shape index (κ1) is 19.1. The number of halogens is 1. The van der Waals surface area contributed by atoms with Crippen LogP contribution in [0.3, 0.4) is 0 Å². The maximum atomic E-state index is 12.4. The Morgan fingerprint density at radius 1 is 1.14 bits per heavy atom. The van der Waals surface area contributed by atoms with Crippen LogP contribution in [0.4, 0.5) is 11.5 Å². The van der Waals surface area contributed by atoms with Crippen molar-refractivity contribution >= 4 is 51.5 Å². The molecule has 0 unspecified atom stereocenters. The number of rotatable bonds is 5. The smallest absolute Gasteiger partial charge is 0.235 e. The Kier molecular flexibility index (Phi) is 6.00. The van der Waals surface area contributed by atoms with Crippen molar-refractivity contribution in [2.75, 3.05) is 42.3 Å². The van der Waals surface area contributed by atoms with E-state index in [-0.39, 0.29) is 11.7 Å². The number of anilines is 2. The number of pyridine rings is 1. The predicted molar refractivity (Wildman–Crippen MR) is 116 cm³/mol. The fourth-order valence-electron chi connectivity index (χ4n) is 3.17. The lowest BCUT2D eigenvalue weighted by Gasteiger charge is -2.28. The van der Waals surface area contributed by atoms with Crippen molar-refractivity contribution in [1.82, 2.24) is 4.98 Å². The zero-order chi connectivity index (χ0) is 19.3. The lowest BCUT2D eigenvalue weighted by molar-refractivity contribution is -0.113. The Labute approximate surface area is 173 Å². The summed E-state index contributed by atoms with van der Waals surface area (Å²) < 4.78 is 5.37. The topological polar surface area (TPSA) is 54.5 Å². The van der Waals surface area contributed by atoms with Crippen molar-refractivity contribution in [3.05, 3.63) is 59.8 Å². The van der Waals surface area contributed by atoms with Crippen molar-refractivity contribution in [2.24, 2.45) is 0 Å². The van der Waals surface area contributed by atoms with Crippen LogP contribution in [0, 0.1) is 0 Å². The van der Waals surface area contributed by atoms with Gasteiger partial charge in [0.15, 0.2) is 0 Å². The lowest BCUT2D eigenvalue weighted by atomic mass is 10.1. The summed E-state index contributed by atoms with van der Waals surface area (Å²) in [6.07, 6.45) is 1.79. The molecule has 3 aromatic rings. The quantitative estimate of drug-likeness (QED) is 0.626. The van der Waals surface area contributed by atoms with Gasteiger partial charge in [-0.2, -0.15) is 0 Å². The second-order valence-electron chi connectivity index (χ2n) is 6.43. The number of hydrogen-bond acceptors (Lipinski definition) is 5. The standard InChI is InChI=1S/C21H20ClN3O2S/c22-17-5-1-3-15-4-2-6-18(21(15)17)28-14-20(26)24-19-8-7-16(13-23-19)25-9-11-27-12-10-25/h1-8,13H,9-12,14H2,(H,23,24,26). The summed E-state index contributed by atoms with van der Waals surface area (Å²) in [7, 11) is 0. The number of fused-ring (bicyclic) bond motifs is 1. The van der Waals surface area contributed by atoms with E-state index in [1.807, 2.05) is 48.5 Å². The number of nitrogens with one attached hydrogen (secondary N) is 1. The Bertz CT molecular complexity index is 970. The Morgan fingerprint density at radius 2 is 1.93 bits per heavy atom. The van der Waals surface area contributed by atoms with Crippen LogP contribution in [0.15, 0.2) is 59.6 Å². The monoisotopic (exact) mass is 413 g/mol. The molecule has 4 rings (SSSR count). The first-order chi connectivity index (χ1) is 13.7. The van der Waals surface area contributed by atoms with E-state index < -0.39 is 0 Å². The van der Waals surface area contributed by atoms with Crippen LogP contribution in [-0.2, 0) is 9.53 Å². The van der Waals surface area contributed by atoms with Crippen molar-refractivity contribution in [3.63, 3.8) is 0 Å². The zero-order valence-corrected chi connectivity index (χ0v) is 16.8. The summed E-state index contributed by atoms with van der Waals surface area (Å²) in [6, 6.07) is 15.6. The molecule has 0 aliphatic carbocycles. The lowest BCUT2D eigenvalue weighted by Crippen LogP contribution is -2.36. The van der Waals surface area contributed by atoms with Crippen molar-refractivity contribution in [3.8, 4) is 0 Å². The summed E-state index contributed by atoms with van der Waals surface area (Å²) in [6.45, 7) is 3.18. The van der Waals surface area contributed by atoms with Gasteiger partial charge in [0.2, 0.25) is 5.91 Å². The fourth-order valence-corrected chi connectivity index (χ4v) is 4.42. The van der Waals surface area contributed by atoms with Gasteiger partial charge in [0, 0.05) is 28.4 Å². The second-order valence-corrected chi connectivity index (χ2v) is 7.86. The third-order valence-electron chi connectivity index (χ3n) is 4.57. The average Bonchev–Trinajstić information content (AvgIpc) is 2.73. The Morgan fingerprint density at radius 3 is 2.68 bits per heavy atom. The molecule has 1 aliphatic heterocycles. The predicted octanol–water partition coefficient (Wildman–Crippen LogP) is 4.46. The van der Waals surface area contributed by atoms with Gasteiger partial charge in [0.05, 0.1) is 30.9 Å². The van der Waals surface area contributed by atoms with Gasteiger partial charge < -0.3 is 15.0 Å². The van der Waals surface area contributed by atoms with E-state index >= 15 is 0 Å². The van der Waals surface area contributed by atoms with Crippen molar-refractivity contribution in [2.45, 2.75) is 4.90 Å². The normalized spacial score (nSPS) is 14.2. The average molecular weight is 414 g/mol. The van der Waals surface area contributed by atoms with Gasteiger partial charge in [-0.05, 0) is 29.7 Å². The van der Waals surface area contributed by atoms with Gasteiger partial charge >= 0.3 is 0 Å². The minimum atomic E-state index is -0.0966. The molecule has 0 atom stereocenters. The van der Waals surface area contributed by atoms with Crippen LogP contribution in [0.2, 0.25) is 5.02 Å². The molecule has 1 fully saturated rings. The molecule has 0 spiro atoms. The number of carbonyl (C=O) groups excluding carboxylic acids is 1. The van der Waals surface area contributed by atoms with Gasteiger partial charge in [0.1, 0.15) is 5.82 Å². The van der Waals surface area contributed by atoms with E-state index in [9.17, 15) is 4.79 Å². The molecule has 1 aliphatic rings. The first-order valence-electron chi connectivity index (χ1n) is 9.09. The number of amides is 1. The largest absolute Gasteiger partial charge is 0.378 e. The summed E-state index contributed by atoms with van der Waals surface area (Å²) in [5, 5.41) is 5.61. The molecule has 1 aromatic heterocycles. The number of ether oxygens (including phenoxy) is 1. The highest BCUT2D eigenvalue weighted by atomic mass is 35.5. The van der Waals surface area contributed by atoms with Crippen LogP contribution in [0.25, 0.3) is 10.8 Å². The van der Waals surface area contributed by atoms with E-state index in [4.69, 9.17) is 16.3 Å². The summed E-state index contributed by atoms with van der Waals surface area (Å²) in [5.41, 5.74) is 1.04. The minimum Gasteiger partial charge on any atom is -0.378 e. The van der Waals surface area contributed by atoms with E-state index in [0.29, 0.717) is 10.8 Å². The second kappa shape index (κ2) is 8.82. The maximum Gasteiger partial charge on any atom is 0.235 e. The number of carbonyl (C=O) groups is 1. The molecule has 1 N–H and O–H groups in total. The van der Waals surface area contributed by atoms with Crippen LogP contribution in [0.1, 0.15) is 0 Å². The maximum absolute atomic E-state index is 12.4. The molecule has 5 nitrogen and oxygen atoms in total.